The second kappa shape index (κ2) is 6.40. The van der Waals surface area contributed by atoms with Crippen molar-refractivity contribution in [2.45, 2.75) is 39.3 Å². The summed E-state index contributed by atoms with van der Waals surface area (Å²) in [6.07, 6.45) is 0.0643. The summed E-state index contributed by atoms with van der Waals surface area (Å²) in [6.45, 7) is 5.24. The van der Waals surface area contributed by atoms with Crippen LogP contribution < -0.4 is 5.32 Å². The fourth-order valence-electron chi connectivity index (χ4n) is 1.06. The first-order valence-electron chi connectivity index (χ1n) is 5.00. The number of aliphatic carboxylic acids is 1. The van der Waals surface area contributed by atoms with Crippen molar-refractivity contribution in [3.63, 3.8) is 0 Å². The zero-order chi connectivity index (χ0) is 12.0. The van der Waals surface area contributed by atoms with Crippen molar-refractivity contribution in [1.82, 2.24) is 5.32 Å². The van der Waals surface area contributed by atoms with Crippen LogP contribution in [0, 0.1) is 5.92 Å². The third-order valence-electron chi connectivity index (χ3n) is 2.50. The minimum atomic E-state index is -1.01. The Morgan fingerprint density at radius 3 is 2.27 bits per heavy atom. The maximum atomic E-state index is 11.4. The van der Waals surface area contributed by atoms with E-state index in [4.69, 9.17) is 9.84 Å². The van der Waals surface area contributed by atoms with Gasteiger partial charge in [-0.1, -0.05) is 20.3 Å². The normalized spacial score (nSPS) is 16.5. The Bertz CT molecular complexity index is 229. The van der Waals surface area contributed by atoms with Crippen molar-refractivity contribution in [1.29, 1.82) is 0 Å². The van der Waals surface area contributed by atoms with Crippen molar-refractivity contribution < 1.29 is 19.4 Å². The Balaban J connectivity index is 4.42. The first-order chi connectivity index (χ1) is 6.93. The summed E-state index contributed by atoms with van der Waals surface area (Å²) in [4.78, 5) is 22.3. The Kier molecular flexibility index (Phi) is 5.93. The lowest BCUT2D eigenvalue weighted by molar-refractivity contribution is -0.145. The average molecular weight is 217 g/mol. The molecule has 0 aromatic rings. The molecule has 1 unspecified atom stereocenters. The number of methoxy groups -OCH3 is 1. The van der Waals surface area contributed by atoms with Gasteiger partial charge < -0.3 is 15.2 Å². The minimum absolute atomic E-state index is 0.101. The molecule has 0 saturated heterocycles. The van der Waals surface area contributed by atoms with Gasteiger partial charge in [0.1, 0.15) is 12.1 Å². The lowest BCUT2D eigenvalue weighted by atomic mass is 9.99. The molecule has 1 amide bonds. The van der Waals surface area contributed by atoms with Crippen LogP contribution in [0.5, 0.6) is 0 Å². The number of carboxylic acids is 1. The molecule has 5 heteroatoms. The highest BCUT2D eigenvalue weighted by molar-refractivity contribution is 5.86. The number of carbonyl (C=O) groups is 2. The number of hydrogen-bond donors (Lipinski definition) is 2. The van der Waals surface area contributed by atoms with Gasteiger partial charge in [-0.15, -0.1) is 0 Å². The summed E-state index contributed by atoms with van der Waals surface area (Å²) in [5.74, 6) is -1.51. The topological polar surface area (TPSA) is 75.6 Å². The molecule has 0 aromatic heterocycles. The van der Waals surface area contributed by atoms with E-state index < -0.39 is 24.0 Å². The van der Waals surface area contributed by atoms with Gasteiger partial charge in [0.05, 0.1) is 0 Å². The number of amides is 1. The first-order valence-corrected chi connectivity index (χ1v) is 5.00. The molecule has 15 heavy (non-hydrogen) atoms. The number of hydrogen-bond acceptors (Lipinski definition) is 3. The second-order valence-corrected chi connectivity index (χ2v) is 3.59. The van der Waals surface area contributed by atoms with E-state index in [9.17, 15) is 9.59 Å². The number of nitrogens with one attached hydrogen (secondary N) is 1. The minimum Gasteiger partial charge on any atom is -0.480 e. The zero-order valence-electron chi connectivity index (χ0n) is 9.61. The summed E-state index contributed by atoms with van der Waals surface area (Å²) < 4.78 is 4.80. The van der Waals surface area contributed by atoms with Crippen LogP contribution in [0.2, 0.25) is 0 Å². The Labute approximate surface area is 89.8 Å². The fourth-order valence-corrected chi connectivity index (χ4v) is 1.06. The lowest BCUT2D eigenvalue weighted by Gasteiger charge is -2.21. The molecular weight excluding hydrogens is 198 g/mol. The lowest BCUT2D eigenvalue weighted by Crippen LogP contribution is -2.48. The van der Waals surface area contributed by atoms with Crippen LogP contribution in [-0.2, 0) is 14.3 Å². The first kappa shape index (κ1) is 13.9. The molecule has 88 valence electrons. The van der Waals surface area contributed by atoms with Crippen LogP contribution >= 0.6 is 0 Å². The molecule has 2 N–H and O–H groups in total. The van der Waals surface area contributed by atoms with Crippen molar-refractivity contribution in [3.05, 3.63) is 0 Å². The molecule has 0 heterocycles. The van der Waals surface area contributed by atoms with Crippen LogP contribution in [-0.4, -0.2) is 36.2 Å². The summed E-state index contributed by atoms with van der Waals surface area (Å²) in [6, 6.07) is -0.847. The van der Waals surface area contributed by atoms with Crippen molar-refractivity contribution in [2.75, 3.05) is 7.11 Å². The molecule has 0 aliphatic heterocycles. The van der Waals surface area contributed by atoms with Gasteiger partial charge in [0.2, 0.25) is 5.91 Å². The molecule has 0 radical (unpaired) electrons. The molecule has 0 aliphatic rings. The van der Waals surface area contributed by atoms with Crippen molar-refractivity contribution in [3.8, 4) is 0 Å². The van der Waals surface area contributed by atoms with Crippen LogP contribution in [0.4, 0.5) is 0 Å². The quantitative estimate of drug-likeness (QED) is 0.684. The highest BCUT2D eigenvalue weighted by atomic mass is 16.5. The SMILES string of the molecule is CC[C@H](C)[C@H](NC(=O)C(C)OC)C(=O)O. The summed E-state index contributed by atoms with van der Waals surface area (Å²) in [5, 5.41) is 11.4. The van der Waals surface area contributed by atoms with Gasteiger partial charge in [-0.2, -0.15) is 0 Å². The van der Waals surface area contributed by atoms with E-state index in [0.717, 1.165) is 0 Å². The van der Waals surface area contributed by atoms with Gasteiger partial charge in [0.25, 0.3) is 0 Å². The van der Waals surface area contributed by atoms with E-state index in [1.807, 2.05) is 6.92 Å². The van der Waals surface area contributed by atoms with E-state index in [1.165, 1.54) is 7.11 Å². The molecule has 0 saturated carbocycles. The monoisotopic (exact) mass is 217 g/mol. The van der Waals surface area contributed by atoms with E-state index in [1.54, 1.807) is 13.8 Å². The maximum Gasteiger partial charge on any atom is 0.326 e. The largest absolute Gasteiger partial charge is 0.480 e. The Morgan fingerprint density at radius 2 is 1.93 bits per heavy atom. The number of ether oxygens (including phenoxy) is 1. The predicted octanol–water partition coefficient (Wildman–Crippen LogP) is 0.637. The fraction of sp³-hybridized carbons (Fsp3) is 0.800. The molecule has 0 bridgehead atoms. The van der Waals surface area contributed by atoms with Gasteiger partial charge in [-0.3, -0.25) is 4.79 Å². The molecule has 3 atom stereocenters. The van der Waals surface area contributed by atoms with Crippen molar-refractivity contribution >= 4 is 11.9 Å². The van der Waals surface area contributed by atoms with Crippen LogP contribution in [0.25, 0.3) is 0 Å². The molecule has 0 rings (SSSR count). The molecular formula is C10H19NO4. The summed E-state index contributed by atoms with van der Waals surface area (Å²) in [5.41, 5.74) is 0. The predicted molar refractivity (Wildman–Crippen MR) is 55.5 cm³/mol. The standard InChI is InChI=1S/C10H19NO4/c1-5-6(2)8(10(13)14)11-9(12)7(3)15-4/h6-8H,5H2,1-4H3,(H,11,12)(H,13,14)/t6-,7?,8-/m0/s1. The Hall–Kier alpha value is -1.10. The van der Waals surface area contributed by atoms with Gasteiger partial charge in [-0.05, 0) is 12.8 Å². The molecule has 0 aromatic carbocycles. The van der Waals surface area contributed by atoms with Crippen molar-refractivity contribution in [2.24, 2.45) is 5.92 Å². The molecule has 0 spiro atoms. The molecule has 5 nitrogen and oxygen atoms in total. The van der Waals surface area contributed by atoms with Gasteiger partial charge in [0, 0.05) is 7.11 Å². The smallest absolute Gasteiger partial charge is 0.326 e. The Morgan fingerprint density at radius 1 is 1.40 bits per heavy atom. The molecule has 0 fully saturated rings. The number of rotatable bonds is 6. The second-order valence-electron chi connectivity index (χ2n) is 3.59. The third-order valence-corrected chi connectivity index (χ3v) is 2.50. The van der Waals surface area contributed by atoms with Crippen LogP contribution in [0.1, 0.15) is 27.2 Å². The van der Waals surface area contributed by atoms with Crippen LogP contribution in [0.15, 0.2) is 0 Å². The van der Waals surface area contributed by atoms with E-state index in [0.29, 0.717) is 6.42 Å². The van der Waals surface area contributed by atoms with E-state index >= 15 is 0 Å². The average Bonchev–Trinajstić information content (AvgIpc) is 2.22. The summed E-state index contributed by atoms with van der Waals surface area (Å²) >= 11 is 0. The maximum absolute atomic E-state index is 11.4. The van der Waals surface area contributed by atoms with Gasteiger partial charge in [-0.25, -0.2) is 4.79 Å². The highest BCUT2D eigenvalue weighted by Gasteiger charge is 2.26. The summed E-state index contributed by atoms with van der Waals surface area (Å²) in [7, 11) is 1.41. The third kappa shape index (κ3) is 4.29. The highest BCUT2D eigenvalue weighted by Crippen LogP contribution is 2.08. The zero-order valence-corrected chi connectivity index (χ0v) is 9.61. The van der Waals surface area contributed by atoms with Gasteiger partial charge in [0.15, 0.2) is 0 Å². The van der Waals surface area contributed by atoms with Crippen LogP contribution in [0.3, 0.4) is 0 Å². The van der Waals surface area contributed by atoms with Gasteiger partial charge >= 0.3 is 5.97 Å². The number of carboxylic acid groups (broad SMARTS) is 1. The van der Waals surface area contributed by atoms with E-state index in [-0.39, 0.29) is 5.92 Å². The van der Waals surface area contributed by atoms with E-state index in [2.05, 4.69) is 5.32 Å². The molecule has 0 aliphatic carbocycles. The number of carbonyl (C=O) groups excluding carboxylic acids is 1.